The van der Waals surface area contributed by atoms with Crippen molar-refractivity contribution >= 4 is 24.8 Å². The van der Waals surface area contributed by atoms with Gasteiger partial charge in [0.2, 0.25) is 5.89 Å². The molecule has 2 aromatic carbocycles. The smallest absolute Gasteiger partial charge is 0.209 e. The minimum atomic E-state index is 0. The van der Waals surface area contributed by atoms with Crippen LogP contribution in [0, 0.1) is 6.92 Å². The fourth-order valence-corrected chi connectivity index (χ4v) is 3.52. The van der Waals surface area contributed by atoms with E-state index in [1.165, 1.54) is 11.1 Å². The van der Waals surface area contributed by atoms with E-state index in [-0.39, 0.29) is 30.9 Å². The van der Waals surface area contributed by atoms with Crippen LogP contribution in [-0.2, 0) is 6.54 Å². The molecule has 27 heavy (non-hydrogen) atoms. The molecule has 0 spiro atoms. The van der Waals surface area contributed by atoms with Crippen LogP contribution in [0.1, 0.15) is 22.9 Å². The number of aryl methyl sites for hydroxylation is 1. The summed E-state index contributed by atoms with van der Waals surface area (Å²) in [7, 11) is 0. The molecule has 1 aromatic heterocycles. The fraction of sp³-hybridized carbons (Fsp3) is 0.286. The highest BCUT2D eigenvalue weighted by Crippen LogP contribution is 2.28. The van der Waals surface area contributed by atoms with Crippen LogP contribution < -0.4 is 5.73 Å². The maximum Gasteiger partial charge on any atom is 0.209 e. The minimum absolute atomic E-state index is 0. The van der Waals surface area contributed by atoms with Gasteiger partial charge in [-0.15, -0.1) is 24.8 Å². The van der Waals surface area contributed by atoms with Gasteiger partial charge in [0.1, 0.15) is 0 Å². The van der Waals surface area contributed by atoms with Crippen molar-refractivity contribution in [3.05, 3.63) is 77.8 Å². The van der Waals surface area contributed by atoms with Gasteiger partial charge in [-0.05, 0) is 12.5 Å². The van der Waals surface area contributed by atoms with Gasteiger partial charge in [-0.25, -0.2) is 4.98 Å². The van der Waals surface area contributed by atoms with Crippen LogP contribution >= 0.6 is 24.8 Å². The van der Waals surface area contributed by atoms with Crippen molar-refractivity contribution in [2.45, 2.75) is 25.4 Å². The number of nitrogens with two attached hydrogens (primary N) is 1. The molecule has 1 fully saturated rings. The lowest BCUT2D eigenvalue weighted by molar-refractivity contribution is 0.287. The van der Waals surface area contributed by atoms with Crippen molar-refractivity contribution in [3.63, 3.8) is 0 Å². The Balaban J connectivity index is 0.00000131. The third-order valence-corrected chi connectivity index (χ3v) is 4.92. The van der Waals surface area contributed by atoms with E-state index in [1.807, 2.05) is 12.3 Å². The van der Waals surface area contributed by atoms with Gasteiger partial charge in [0.05, 0.1) is 12.7 Å². The summed E-state index contributed by atoms with van der Waals surface area (Å²) in [6, 6.07) is 19.0. The van der Waals surface area contributed by atoms with Crippen LogP contribution in [0.3, 0.4) is 0 Å². The van der Waals surface area contributed by atoms with E-state index in [4.69, 9.17) is 10.2 Å². The summed E-state index contributed by atoms with van der Waals surface area (Å²) in [4.78, 5) is 6.78. The van der Waals surface area contributed by atoms with E-state index in [1.54, 1.807) is 0 Å². The lowest BCUT2D eigenvalue weighted by Crippen LogP contribution is -2.28. The van der Waals surface area contributed by atoms with E-state index >= 15 is 0 Å². The highest BCUT2D eigenvalue weighted by Gasteiger charge is 2.31. The molecule has 1 aliphatic heterocycles. The molecule has 0 aliphatic carbocycles. The van der Waals surface area contributed by atoms with Gasteiger partial charge in [-0.3, -0.25) is 4.90 Å². The second kappa shape index (κ2) is 9.38. The summed E-state index contributed by atoms with van der Waals surface area (Å²) in [5.41, 5.74) is 9.98. The van der Waals surface area contributed by atoms with Crippen molar-refractivity contribution in [1.29, 1.82) is 0 Å². The average molecular weight is 406 g/mol. The molecular formula is C21H25Cl2N3O. The van der Waals surface area contributed by atoms with Crippen LogP contribution in [0.5, 0.6) is 0 Å². The van der Waals surface area contributed by atoms with E-state index in [0.29, 0.717) is 12.5 Å². The Labute approximate surface area is 172 Å². The van der Waals surface area contributed by atoms with Gasteiger partial charge in [0, 0.05) is 30.6 Å². The summed E-state index contributed by atoms with van der Waals surface area (Å²) >= 11 is 0. The van der Waals surface area contributed by atoms with Crippen molar-refractivity contribution in [2.24, 2.45) is 5.73 Å². The highest BCUT2D eigenvalue weighted by molar-refractivity contribution is 5.85. The number of halogens is 2. The summed E-state index contributed by atoms with van der Waals surface area (Å²) in [6.45, 7) is 4.58. The number of likely N-dealkylation sites (tertiary alicyclic amines) is 1. The van der Waals surface area contributed by atoms with Crippen molar-refractivity contribution in [2.75, 3.05) is 13.1 Å². The second-order valence-corrected chi connectivity index (χ2v) is 6.86. The molecule has 0 bridgehead atoms. The molecule has 4 nitrogen and oxygen atoms in total. The number of hydrogen-bond donors (Lipinski definition) is 1. The van der Waals surface area contributed by atoms with Crippen LogP contribution in [0.4, 0.5) is 0 Å². The van der Waals surface area contributed by atoms with Gasteiger partial charge in [0.25, 0.3) is 0 Å². The first kappa shape index (κ1) is 21.5. The molecule has 4 rings (SSSR count). The molecule has 144 valence electrons. The zero-order chi connectivity index (χ0) is 17.2. The Bertz CT molecular complexity index is 836. The summed E-state index contributed by atoms with van der Waals surface area (Å²) < 4.78 is 5.95. The maximum atomic E-state index is 6.37. The molecule has 0 amide bonds. The largest absolute Gasteiger partial charge is 0.439 e. The van der Waals surface area contributed by atoms with Crippen molar-refractivity contribution < 1.29 is 4.42 Å². The summed E-state index contributed by atoms with van der Waals surface area (Å²) in [5, 5.41) is 0. The van der Waals surface area contributed by atoms with Crippen LogP contribution in [0.25, 0.3) is 11.3 Å². The molecule has 1 aliphatic rings. The Morgan fingerprint density at radius 3 is 2.44 bits per heavy atom. The fourth-order valence-electron chi connectivity index (χ4n) is 3.52. The van der Waals surface area contributed by atoms with E-state index in [0.717, 1.165) is 30.3 Å². The summed E-state index contributed by atoms with van der Waals surface area (Å²) in [5.74, 6) is 1.93. The lowest BCUT2D eigenvalue weighted by Gasteiger charge is -2.14. The predicted octanol–water partition coefficient (Wildman–Crippen LogP) is 4.42. The monoisotopic (exact) mass is 405 g/mol. The molecule has 0 radical (unpaired) electrons. The normalized spacial score (nSPS) is 19.3. The lowest BCUT2D eigenvalue weighted by atomic mass is 9.95. The van der Waals surface area contributed by atoms with Gasteiger partial charge in [-0.2, -0.15) is 0 Å². The van der Waals surface area contributed by atoms with E-state index in [2.05, 4.69) is 65.3 Å². The highest BCUT2D eigenvalue weighted by atomic mass is 35.5. The zero-order valence-corrected chi connectivity index (χ0v) is 16.9. The molecule has 3 aromatic rings. The van der Waals surface area contributed by atoms with Crippen LogP contribution in [0.2, 0.25) is 0 Å². The number of benzene rings is 2. The first-order chi connectivity index (χ1) is 12.2. The third kappa shape index (κ3) is 4.90. The Hall–Kier alpha value is -1.85. The zero-order valence-electron chi connectivity index (χ0n) is 15.2. The quantitative estimate of drug-likeness (QED) is 0.697. The van der Waals surface area contributed by atoms with Crippen molar-refractivity contribution in [1.82, 2.24) is 9.88 Å². The Morgan fingerprint density at radius 2 is 1.74 bits per heavy atom. The predicted molar refractivity (Wildman–Crippen MR) is 114 cm³/mol. The Kier molecular flexibility index (Phi) is 7.45. The topological polar surface area (TPSA) is 55.3 Å². The standard InChI is InChI=1S/C21H23N3O.2ClH/c1-15-7-9-17(10-8-15)20-11-23-21(25-20)14-24-12-18(19(22)13-24)16-5-3-2-4-6-16;;/h2-11,18-19H,12-14,22H2,1H3;2*1H/t18-,19+;;/m0../s1. The van der Waals surface area contributed by atoms with Gasteiger partial charge in [0.15, 0.2) is 5.76 Å². The van der Waals surface area contributed by atoms with Crippen LogP contribution in [-0.4, -0.2) is 29.0 Å². The average Bonchev–Trinajstić information content (AvgIpc) is 3.23. The van der Waals surface area contributed by atoms with E-state index < -0.39 is 0 Å². The third-order valence-electron chi connectivity index (χ3n) is 4.92. The molecular weight excluding hydrogens is 381 g/mol. The SMILES string of the molecule is Cc1ccc(-c2cnc(CN3C[C@@H](N)[C@H](c4ccccc4)C3)o2)cc1.Cl.Cl. The number of oxazole rings is 1. The molecule has 6 heteroatoms. The first-order valence-electron chi connectivity index (χ1n) is 8.73. The number of hydrogen-bond acceptors (Lipinski definition) is 4. The number of aromatic nitrogens is 1. The molecule has 2 atom stereocenters. The molecule has 2 N–H and O–H groups in total. The minimum Gasteiger partial charge on any atom is -0.439 e. The Morgan fingerprint density at radius 1 is 1.04 bits per heavy atom. The van der Waals surface area contributed by atoms with Gasteiger partial charge >= 0.3 is 0 Å². The van der Waals surface area contributed by atoms with Crippen LogP contribution in [0.15, 0.2) is 65.2 Å². The van der Waals surface area contributed by atoms with Gasteiger partial charge < -0.3 is 10.2 Å². The second-order valence-electron chi connectivity index (χ2n) is 6.86. The van der Waals surface area contributed by atoms with Gasteiger partial charge in [-0.1, -0.05) is 60.2 Å². The molecule has 1 saturated heterocycles. The number of nitrogens with zero attached hydrogens (tertiary/aromatic N) is 2. The molecule has 2 heterocycles. The number of rotatable bonds is 4. The molecule has 0 unspecified atom stereocenters. The van der Waals surface area contributed by atoms with Crippen molar-refractivity contribution in [3.8, 4) is 11.3 Å². The summed E-state index contributed by atoms with van der Waals surface area (Å²) in [6.07, 6.45) is 1.81. The first-order valence-corrected chi connectivity index (χ1v) is 8.73. The molecule has 0 saturated carbocycles. The van der Waals surface area contributed by atoms with E-state index in [9.17, 15) is 0 Å². The maximum absolute atomic E-state index is 6.37.